The molecule has 1 fully saturated rings. The first-order valence-electron chi connectivity index (χ1n) is 10.1. The topological polar surface area (TPSA) is 104 Å². The molecule has 0 spiro atoms. The Hall–Kier alpha value is -2.39. The first-order valence-corrected chi connectivity index (χ1v) is 10.1. The number of likely N-dealkylation sites (tertiary alicyclic amines) is 1. The van der Waals surface area contributed by atoms with E-state index >= 15 is 0 Å². The number of benzene rings is 1. The van der Waals surface area contributed by atoms with Crippen LogP contribution in [0.1, 0.15) is 39.0 Å². The molecule has 0 saturated carbocycles. The zero-order valence-corrected chi connectivity index (χ0v) is 16.7. The molecular weight excluding hydrogens is 377 g/mol. The summed E-state index contributed by atoms with van der Waals surface area (Å²) in [6, 6.07) is 5.87. The average molecular weight is 405 g/mol. The van der Waals surface area contributed by atoms with Crippen LogP contribution in [0.5, 0.6) is 0 Å². The Balaban J connectivity index is 1.51. The number of carbonyl (C=O) groups is 1. The summed E-state index contributed by atoms with van der Waals surface area (Å²) in [5.74, 6) is 0.0902. The van der Waals surface area contributed by atoms with Gasteiger partial charge in [-0.2, -0.15) is 4.80 Å². The van der Waals surface area contributed by atoms with Crippen LogP contribution in [0.25, 0.3) is 11.4 Å². The highest BCUT2D eigenvalue weighted by Gasteiger charge is 2.42. The number of amides is 1. The first kappa shape index (κ1) is 21.3. The minimum atomic E-state index is -0.625. The molecule has 1 saturated heterocycles. The lowest BCUT2D eigenvalue weighted by molar-refractivity contribution is -0.142. The standard InChI is InChI=1S/C20H28FN5O3/c1-2-10-20(14-27)13-25(12-9-17(20)28)18(29)4-3-11-26-23-19(22-24-26)15-5-7-16(21)8-6-15/h5-8,17,27-28H,2-4,9-14H2,1H3/t17-,20-/m0/s1. The van der Waals surface area contributed by atoms with Gasteiger partial charge in [-0.05, 0) is 48.7 Å². The number of hydrogen-bond donors (Lipinski definition) is 2. The number of carbonyl (C=O) groups excluding carboxylic acids is 1. The molecule has 0 radical (unpaired) electrons. The second-order valence-electron chi connectivity index (χ2n) is 7.71. The van der Waals surface area contributed by atoms with Crippen molar-refractivity contribution in [2.75, 3.05) is 19.7 Å². The molecule has 1 aliphatic heterocycles. The van der Waals surface area contributed by atoms with E-state index in [1.165, 1.54) is 16.9 Å². The highest BCUT2D eigenvalue weighted by atomic mass is 19.1. The first-order chi connectivity index (χ1) is 14.0. The maximum absolute atomic E-state index is 13.0. The molecule has 29 heavy (non-hydrogen) atoms. The number of rotatable bonds is 8. The number of hydrogen-bond acceptors (Lipinski definition) is 6. The highest BCUT2D eigenvalue weighted by molar-refractivity contribution is 5.76. The third kappa shape index (κ3) is 4.97. The van der Waals surface area contributed by atoms with Gasteiger partial charge in [0.15, 0.2) is 0 Å². The van der Waals surface area contributed by atoms with Gasteiger partial charge < -0.3 is 15.1 Å². The van der Waals surface area contributed by atoms with Crippen LogP contribution in [0.3, 0.4) is 0 Å². The van der Waals surface area contributed by atoms with Gasteiger partial charge in [0.05, 0.1) is 19.3 Å². The zero-order chi connectivity index (χ0) is 20.9. The van der Waals surface area contributed by atoms with Crippen molar-refractivity contribution in [3.8, 4) is 11.4 Å². The van der Waals surface area contributed by atoms with Crippen LogP contribution >= 0.6 is 0 Å². The van der Waals surface area contributed by atoms with E-state index in [1.54, 1.807) is 17.0 Å². The van der Waals surface area contributed by atoms with Crippen molar-refractivity contribution in [3.05, 3.63) is 30.1 Å². The van der Waals surface area contributed by atoms with Gasteiger partial charge in [0, 0.05) is 30.5 Å². The molecule has 3 rings (SSSR count). The van der Waals surface area contributed by atoms with Crippen molar-refractivity contribution >= 4 is 5.91 Å². The van der Waals surface area contributed by atoms with E-state index in [0.29, 0.717) is 56.7 Å². The van der Waals surface area contributed by atoms with Gasteiger partial charge in [-0.1, -0.05) is 13.3 Å². The molecule has 8 nitrogen and oxygen atoms in total. The number of piperidine rings is 1. The molecule has 2 heterocycles. The second kappa shape index (κ2) is 9.41. The van der Waals surface area contributed by atoms with Crippen molar-refractivity contribution in [2.45, 2.75) is 51.7 Å². The lowest BCUT2D eigenvalue weighted by Gasteiger charge is -2.45. The molecule has 1 aromatic heterocycles. The molecule has 2 atom stereocenters. The Morgan fingerprint density at radius 1 is 1.34 bits per heavy atom. The van der Waals surface area contributed by atoms with Crippen molar-refractivity contribution < 1.29 is 19.4 Å². The largest absolute Gasteiger partial charge is 0.396 e. The van der Waals surface area contributed by atoms with E-state index in [4.69, 9.17) is 0 Å². The quantitative estimate of drug-likeness (QED) is 0.692. The van der Waals surface area contributed by atoms with Crippen LogP contribution in [0.4, 0.5) is 4.39 Å². The molecule has 9 heteroatoms. The third-order valence-corrected chi connectivity index (χ3v) is 5.60. The number of aliphatic hydroxyl groups excluding tert-OH is 2. The zero-order valence-electron chi connectivity index (χ0n) is 16.7. The average Bonchev–Trinajstić information content (AvgIpc) is 3.19. The summed E-state index contributed by atoms with van der Waals surface area (Å²) in [4.78, 5) is 15.8. The molecule has 0 bridgehead atoms. The normalized spacial score (nSPS) is 22.1. The van der Waals surface area contributed by atoms with E-state index in [-0.39, 0.29) is 18.3 Å². The molecule has 1 amide bonds. The van der Waals surface area contributed by atoms with Gasteiger partial charge in [-0.3, -0.25) is 4.79 Å². The van der Waals surface area contributed by atoms with Gasteiger partial charge in [0.25, 0.3) is 0 Å². The van der Waals surface area contributed by atoms with Crippen LogP contribution in [0, 0.1) is 11.2 Å². The van der Waals surface area contributed by atoms with Gasteiger partial charge in [0.1, 0.15) is 5.82 Å². The number of tetrazole rings is 1. The lowest BCUT2D eigenvalue weighted by atomic mass is 9.74. The maximum Gasteiger partial charge on any atom is 0.222 e. The predicted molar refractivity (Wildman–Crippen MR) is 104 cm³/mol. The third-order valence-electron chi connectivity index (χ3n) is 5.60. The van der Waals surface area contributed by atoms with Crippen LogP contribution in [-0.4, -0.2) is 67.0 Å². The number of halogens is 1. The molecule has 2 aromatic rings. The van der Waals surface area contributed by atoms with Crippen molar-refractivity contribution in [1.29, 1.82) is 0 Å². The van der Waals surface area contributed by atoms with Crippen molar-refractivity contribution in [1.82, 2.24) is 25.1 Å². The van der Waals surface area contributed by atoms with E-state index < -0.39 is 11.5 Å². The minimum absolute atomic E-state index is 0.00435. The fraction of sp³-hybridized carbons (Fsp3) is 0.600. The van der Waals surface area contributed by atoms with Crippen molar-refractivity contribution in [3.63, 3.8) is 0 Å². The molecule has 158 valence electrons. The Morgan fingerprint density at radius 3 is 2.79 bits per heavy atom. The Morgan fingerprint density at radius 2 is 2.10 bits per heavy atom. The Kier molecular flexibility index (Phi) is 6.92. The predicted octanol–water partition coefficient (Wildman–Crippen LogP) is 1.63. The Bertz CT molecular complexity index is 813. The molecule has 1 aliphatic rings. The summed E-state index contributed by atoms with van der Waals surface area (Å²) < 4.78 is 13.0. The highest BCUT2D eigenvalue weighted by Crippen LogP contribution is 2.35. The van der Waals surface area contributed by atoms with E-state index in [9.17, 15) is 19.4 Å². The fourth-order valence-corrected chi connectivity index (χ4v) is 3.92. The van der Waals surface area contributed by atoms with Crippen molar-refractivity contribution in [2.24, 2.45) is 5.41 Å². The van der Waals surface area contributed by atoms with Crippen LogP contribution in [0.15, 0.2) is 24.3 Å². The minimum Gasteiger partial charge on any atom is -0.396 e. The summed E-state index contributed by atoms with van der Waals surface area (Å²) in [5, 5.41) is 32.4. The monoisotopic (exact) mass is 405 g/mol. The summed E-state index contributed by atoms with van der Waals surface area (Å²) in [6.45, 7) is 3.21. The summed E-state index contributed by atoms with van der Waals surface area (Å²) >= 11 is 0. The molecule has 0 unspecified atom stereocenters. The number of nitrogens with zero attached hydrogens (tertiary/aromatic N) is 5. The number of aryl methyl sites for hydroxylation is 1. The SMILES string of the molecule is CCC[C@@]1(CO)CN(C(=O)CCCn2nnc(-c3ccc(F)cc3)n2)CC[C@@H]1O. The second-order valence-corrected chi connectivity index (χ2v) is 7.71. The summed E-state index contributed by atoms with van der Waals surface area (Å²) in [6.07, 6.45) is 2.31. The van der Waals surface area contributed by atoms with Crippen LogP contribution in [0.2, 0.25) is 0 Å². The smallest absolute Gasteiger partial charge is 0.222 e. The van der Waals surface area contributed by atoms with E-state index in [0.717, 1.165) is 6.42 Å². The summed E-state index contributed by atoms with van der Waals surface area (Å²) in [5.41, 5.74) is 0.0528. The van der Waals surface area contributed by atoms with Gasteiger partial charge in [0.2, 0.25) is 11.7 Å². The molecule has 0 aliphatic carbocycles. The van der Waals surface area contributed by atoms with Gasteiger partial charge >= 0.3 is 0 Å². The summed E-state index contributed by atoms with van der Waals surface area (Å²) in [7, 11) is 0. The van der Waals surface area contributed by atoms with E-state index in [2.05, 4.69) is 15.4 Å². The molecule has 1 aromatic carbocycles. The molecule has 2 N–H and O–H groups in total. The Labute approximate surface area is 169 Å². The number of aliphatic hydroxyl groups is 2. The fourth-order valence-electron chi connectivity index (χ4n) is 3.92. The lowest BCUT2D eigenvalue weighted by Crippen LogP contribution is -2.55. The van der Waals surface area contributed by atoms with E-state index in [1.807, 2.05) is 6.92 Å². The van der Waals surface area contributed by atoms with Gasteiger partial charge in [-0.15, -0.1) is 10.2 Å². The molecular formula is C20H28FN5O3. The number of aromatic nitrogens is 4. The maximum atomic E-state index is 13.0. The van der Waals surface area contributed by atoms with Crippen LogP contribution < -0.4 is 0 Å². The van der Waals surface area contributed by atoms with Crippen LogP contribution in [-0.2, 0) is 11.3 Å². The van der Waals surface area contributed by atoms with Gasteiger partial charge in [-0.25, -0.2) is 4.39 Å².